The Morgan fingerprint density at radius 1 is 1.09 bits per heavy atom. The molecule has 1 heterocycles. The van der Waals surface area contributed by atoms with Crippen molar-refractivity contribution in [1.82, 2.24) is 9.97 Å². The molecule has 3 N–H and O–H groups in total. The van der Waals surface area contributed by atoms with E-state index in [1.54, 1.807) is 25.1 Å². The van der Waals surface area contributed by atoms with Crippen molar-refractivity contribution >= 4 is 41.6 Å². The first-order valence-electron chi connectivity index (χ1n) is 9.33. The predicted octanol–water partition coefficient (Wildman–Crippen LogP) is 5.24. The second kappa shape index (κ2) is 8.63. The molecule has 0 spiro atoms. The van der Waals surface area contributed by atoms with Crippen LogP contribution in [0.5, 0.6) is 0 Å². The van der Waals surface area contributed by atoms with E-state index in [4.69, 9.17) is 5.11 Å². The zero-order valence-electron chi connectivity index (χ0n) is 17.4. The summed E-state index contributed by atoms with van der Waals surface area (Å²) in [7, 11) is -2.78. The summed E-state index contributed by atoms with van der Waals surface area (Å²) in [6.07, 6.45) is -4.08. The Bertz CT molecular complexity index is 1230. The second-order valence-corrected chi connectivity index (χ2v) is 10.6. The Morgan fingerprint density at radius 3 is 2.38 bits per heavy atom. The minimum atomic E-state index is -4.72. The number of hydrogen-bond acceptors (Lipinski definition) is 6. The van der Waals surface area contributed by atoms with Gasteiger partial charge < -0.3 is 20.3 Å². The Morgan fingerprint density at radius 2 is 1.78 bits per heavy atom. The topological polar surface area (TPSA) is 104 Å². The van der Waals surface area contributed by atoms with E-state index in [0.29, 0.717) is 22.8 Å². The van der Waals surface area contributed by atoms with Gasteiger partial charge in [0.05, 0.1) is 11.3 Å². The maximum absolute atomic E-state index is 13.6. The SMILES string of the molecule is Cc1cc(Nc2ncc(C(F)(F)F)c(Nc3ccccc3P(C)(C)=O)n2)ccc1C(=O)O. The lowest BCUT2D eigenvalue weighted by Crippen LogP contribution is -2.16. The molecular weight excluding hydrogens is 444 g/mol. The third kappa shape index (κ3) is 5.26. The quantitative estimate of drug-likeness (QED) is 0.429. The Kier molecular flexibility index (Phi) is 6.27. The van der Waals surface area contributed by atoms with Crippen molar-refractivity contribution in [3.8, 4) is 0 Å². The molecule has 0 saturated heterocycles. The lowest BCUT2D eigenvalue weighted by atomic mass is 10.1. The van der Waals surface area contributed by atoms with Crippen LogP contribution in [-0.4, -0.2) is 34.4 Å². The number of carboxylic acids is 1. The number of rotatable bonds is 6. The Balaban J connectivity index is 2.01. The number of nitrogens with zero attached hydrogens (tertiary/aromatic N) is 2. The fourth-order valence-electron chi connectivity index (χ4n) is 3.03. The maximum atomic E-state index is 13.6. The number of nitrogens with one attached hydrogen (secondary N) is 2. The summed E-state index contributed by atoms with van der Waals surface area (Å²) >= 11 is 0. The molecule has 0 aliphatic carbocycles. The first-order chi connectivity index (χ1) is 14.9. The number of carbonyl (C=O) groups is 1. The molecule has 0 radical (unpaired) electrons. The Hall–Kier alpha value is -3.39. The summed E-state index contributed by atoms with van der Waals surface area (Å²) < 4.78 is 53.3. The van der Waals surface area contributed by atoms with Gasteiger partial charge in [0.15, 0.2) is 0 Å². The molecule has 3 rings (SSSR count). The molecule has 11 heteroatoms. The molecule has 168 valence electrons. The molecule has 0 unspecified atom stereocenters. The molecule has 0 amide bonds. The molecular formula is C21H20F3N4O3P. The van der Waals surface area contributed by atoms with E-state index in [1.165, 1.54) is 37.6 Å². The molecule has 0 aliphatic heterocycles. The van der Waals surface area contributed by atoms with Crippen LogP contribution in [0.2, 0.25) is 0 Å². The van der Waals surface area contributed by atoms with Crippen LogP contribution in [0.25, 0.3) is 0 Å². The van der Waals surface area contributed by atoms with Crippen molar-refractivity contribution in [2.75, 3.05) is 24.0 Å². The van der Waals surface area contributed by atoms with Crippen LogP contribution in [0.3, 0.4) is 0 Å². The zero-order chi connectivity index (χ0) is 23.7. The molecule has 0 bridgehead atoms. The fraction of sp³-hybridized carbons (Fsp3) is 0.190. The molecule has 1 aromatic heterocycles. The highest BCUT2D eigenvalue weighted by atomic mass is 31.2. The Labute approximate surface area is 182 Å². The van der Waals surface area contributed by atoms with Crippen molar-refractivity contribution in [3.05, 3.63) is 65.4 Å². The van der Waals surface area contributed by atoms with Gasteiger partial charge in [-0.1, -0.05) is 12.1 Å². The van der Waals surface area contributed by atoms with E-state index < -0.39 is 30.7 Å². The summed E-state index contributed by atoms with van der Waals surface area (Å²) in [6, 6.07) is 10.7. The van der Waals surface area contributed by atoms with Crippen molar-refractivity contribution in [2.24, 2.45) is 0 Å². The number of aromatic nitrogens is 2. The lowest BCUT2D eigenvalue weighted by Gasteiger charge is -2.18. The highest BCUT2D eigenvalue weighted by Gasteiger charge is 2.35. The number of carboxylic acid groups (broad SMARTS) is 1. The number of para-hydroxylation sites is 1. The summed E-state index contributed by atoms with van der Waals surface area (Å²) in [4.78, 5) is 18.9. The second-order valence-electron chi connectivity index (χ2n) is 7.41. The minimum Gasteiger partial charge on any atom is -0.478 e. The highest BCUT2D eigenvalue weighted by molar-refractivity contribution is 7.70. The number of aryl methyl sites for hydroxylation is 1. The molecule has 3 aromatic rings. The van der Waals surface area contributed by atoms with Crippen molar-refractivity contribution in [1.29, 1.82) is 0 Å². The molecule has 0 fully saturated rings. The number of hydrogen-bond donors (Lipinski definition) is 3. The molecule has 0 saturated carbocycles. The smallest absolute Gasteiger partial charge is 0.421 e. The molecule has 32 heavy (non-hydrogen) atoms. The number of halogens is 3. The zero-order valence-corrected chi connectivity index (χ0v) is 18.3. The van der Waals surface area contributed by atoms with Gasteiger partial charge in [-0.05, 0) is 56.1 Å². The summed E-state index contributed by atoms with van der Waals surface area (Å²) in [5, 5.41) is 15.0. The van der Waals surface area contributed by atoms with Gasteiger partial charge in [-0.15, -0.1) is 0 Å². The molecule has 0 aliphatic rings. The predicted molar refractivity (Wildman–Crippen MR) is 117 cm³/mol. The average molecular weight is 464 g/mol. The standard InChI is InChI=1S/C21H20F3N4O3P/c1-12-10-13(8-9-14(12)19(29)30)26-20-25-11-15(21(22,23)24)18(28-20)27-16-6-4-5-7-17(16)32(2,3)31/h4-11H,1-3H3,(H,29,30)(H2,25,26,27,28). The van der Waals surface area contributed by atoms with Crippen LogP contribution >= 0.6 is 7.14 Å². The molecule has 7 nitrogen and oxygen atoms in total. The van der Waals surface area contributed by atoms with E-state index in [1.807, 2.05) is 0 Å². The first-order valence-corrected chi connectivity index (χ1v) is 11.9. The van der Waals surface area contributed by atoms with Gasteiger partial charge in [0.2, 0.25) is 5.95 Å². The fourth-order valence-corrected chi connectivity index (χ4v) is 4.19. The highest BCUT2D eigenvalue weighted by Crippen LogP contribution is 2.40. The van der Waals surface area contributed by atoms with E-state index >= 15 is 0 Å². The van der Waals surface area contributed by atoms with Gasteiger partial charge in [-0.2, -0.15) is 18.2 Å². The van der Waals surface area contributed by atoms with Crippen molar-refractivity contribution in [3.63, 3.8) is 0 Å². The van der Waals surface area contributed by atoms with Gasteiger partial charge in [0, 0.05) is 17.2 Å². The van der Waals surface area contributed by atoms with E-state index in [9.17, 15) is 22.5 Å². The van der Waals surface area contributed by atoms with Crippen LogP contribution in [0.4, 0.5) is 36.3 Å². The molecule has 0 atom stereocenters. The summed E-state index contributed by atoms with van der Waals surface area (Å²) in [5.41, 5.74) is 0.134. The first kappa shape index (κ1) is 23.3. The van der Waals surface area contributed by atoms with E-state index in [0.717, 1.165) is 0 Å². The number of aromatic carboxylic acids is 1. The number of alkyl halides is 3. The van der Waals surface area contributed by atoms with Crippen LogP contribution < -0.4 is 15.9 Å². The van der Waals surface area contributed by atoms with Gasteiger partial charge >= 0.3 is 12.1 Å². The van der Waals surface area contributed by atoms with Crippen LogP contribution in [0.15, 0.2) is 48.7 Å². The number of anilines is 4. The van der Waals surface area contributed by atoms with Gasteiger partial charge in [-0.3, -0.25) is 0 Å². The largest absolute Gasteiger partial charge is 0.478 e. The van der Waals surface area contributed by atoms with Crippen LogP contribution in [0, 0.1) is 6.92 Å². The van der Waals surface area contributed by atoms with Crippen molar-refractivity contribution < 1.29 is 27.6 Å². The van der Waals surface area contributed by atoms with Crippen LogP contribution in [0.1, 0.15) is 21.5 Å². The normalized spacial score (nSPS) is 11.8. The van der Waals surface area contributed by atoms with E-state index in [2.05, 4.69) is 20.6 Å². The van der Waals surface area contributed by atoms with Gasteiger partial charge in [0.1, 0.15) is 18.5 Å². The van der Waals surface area contributed by atoms with Crippen molar-refractivity contribution in [2.45, 2.75) is 13.1 Å². The minimum absolute atomic E-state index is 0.103. The summed E-state index contributed by atoms with van der Waals surface area (Å²) in [5.74, 6) is -1.72. The third-order valence-electron chi connectivity index (χ3n) is 4.54. The van der Waals surface area contributed by atoms with Gasteiger partial charge in [-0.25, -0.2) is 9.78 Å². The number of benzene rings is 2. The maximum Gasteiger partial charge on any atom is 0.421 e. The molecule has 2 aromatic carbocycles. The van der Waals surface area contributed by atoms with Crippen LogP contribution in [-0.2, 0) is 10.7 Å². The monoisotopic (exact) mass is 464 g/mol. The van der Waals surface area contributed by atoms with Gasteiger partial charge in [0.25, 0.3) is 0 Å². The van der Waals surface area contributed by atoms with E-state index in [-0.39, 0.29) is 17.2 Å². The third-order valence-corrected chi connectivity index (χ3v) is 6.09. The summed E-state index contributed by atoms with van der Waals surface area (Å²) in [6.45, 7) is 4.64. The lowest BCUT2D eigenvalue weighted by molar-refractivity contribution is -0.137. The average Bonchev–Trinajstić information content (AvgIpc) is 2.66.